The molecule has 49 heavy (non-hydrogen) atoms. The second-order valence-electron chi connectivity index (χ2n) is 12.9. The number of benzene rings is 7. The number of hydrogen-bond acceptors (Lipinski definition) is 3. The molecule has 9 aromatic rings. The van der Waals surface area contributed by atoms with E-state index in [1.165, 1.54) is 38.6 Å². The lowest BCUT2D eigenvalue weighted by molar-refractivity contribution is 0.434. The minimum Gasteiger partial charge on any atom is -0.457 e. The van der Waals surface area contributed by atoms with Gasteiger partial charge in [-0.1, -0.05) is 133 Å². The Hall–Kier alpha value is -6.52. The summed E-state index contributed by atoms with van der Waals surface area (Å²) in [6.07, 6.45) is 0. The number of fused-ring (bicyclic) bond motifs is 12. The fraction of sp³-hybridized carbons (Fsp3) is 0.0222. The molecule has 0 fully saturated rings. The first-order chi connectivity index (χ1) is 24.3. The Kier molecular flexibility index (Phi) is 5.28. The Labute approximate surface area is 282 Å². The minimum absolute atomic E-state index is 0.609. The first-order valence-electron chi connectivity index (χ1n) is 16.7. The average molecular weight is 626 g/mol. The Morgan fingerprint density at radius 1 is 0.469 bits per heavy atom. The third-order valence-electron chi connectivity index (χ3n) is 10.5. The van der Waals surface area contributed by atoms with Crippen molar-refractivity contribution in [3.63, 3.8) is 0 Å². The lowest BCUT2D eigenvalue weighted by atomic mass is 9.61. The minimum atomic E-state index is -0.609. The fourth-order valence-corrected chi connectivity index (χ4v) is 8.49. The Morgan fingerprint density at radius 3 is 2.08 bits per heavy atom. The zero-order valence-corrected chi connectivity index (χ0v) is 26.3. The third kappa shape index (κ3) is 3.47. The van der Waals surface area contributed by atoms with Crippen molar-refractivity contribution in [1.29, 1.82) is 0 Å². The molecule has 4 nitrogen and oxygen atoms in total. The van der Waals surface area contributed by atoms with Crippen molar-refractivity contribution in [1.82, 2.24) is 14.5 Å². The third-order valence-corrected chi connectivity index (χ3v) is 10.5. The molecular weight excluding hydrogens is 599 g/mol. The van der Waals surface area contributed by atoms with Crippen LogP contribution in [0.3, 0.4) is 0 Å². The van der Waals surface area contributed by atoms with Gasteiger partial charge < -0.3 is 9.30 Å². The number of nitrogens with zero attached hydrogens (tertiary/aromatic N) is 3. The van der Waals surface area contributed by atoms with Crippen molar-refractivity contribution in [2.45, 2.75) is 5.41 Å². The summed E-state index contributed by atoms with van der Waals surface area (Å²) in [7, 11) is 0. The molecule has 2 aliphatic rings. The Balaban J connectivity index is 1.22. The van der Waals surface area contributed by atoms with Gasteiger partial charge in [0.2, 0.25) is 0 Å². The van der Waals surface area contributed by atoms with Crippen molar-refractivity contribution < 1.29 is 4.74 Å². The Morgan fingerprint density at radius 2 is 1.16 bits per heavy atom. The molecule has 2 aliphatic heterocycles. The number of ether oxygens (including phenoxy) is 1. The lowest BCUT2D eigenvalue weighted by Crippen LogP contribution is -2.37. The van der Waals surface area contributed by atoms with Gasteiger partial charge in [-0.05, 0) is 41.5 Å². The maximum absolute atomic E-state index is 6.86. The molecule has 1 atom stereocenters. The van der Waals surface area contributed by atoms with Crippen LogP contribution in [0.4, 0.5) is 0 Å². The maximum atomic E-state index is 6.86. The van der Waals surface area contributed by atoms with Crippen molar-refractivity contribution in [3.05, 3.63) is 186 Å². The lowest BCUT2D eigenvalue weighted by Gasteiger charge is -2.45. The molecule has 4 heteroatoms. The van der Waals surface area contributed by atoms with E-state index in [2.05, 4.69) is 150 Å². The van der Waals surface area contributed by atoms with Crippen LogP contribution in [0.5, 0.6) is 11.5 Å². The molecule has 0 amide bonds. The highest BCUT2D eigenvalue weighted by Gasteiger charge is 2.50. The molecular formula is C45H27N3O. The van der Waals surface area contributed by atoms with Crippen LogP contribution in [0.15, 0.2) is 164 Å². The van der Waals surface area contributed by atoms with E-state index in [4.69, 9.17) is 14.7 Å². The SMILES string of the molecule is c1ccc(-c2nc(-c3ccc4c(c3)Oc3ccccc3C43c4ccccc4-n4c5ccccc5c5cccc3c54)nc3ccccc23)cc1. The van der Waals surface area contributed by atoms with Crippen LogP contribution in [0.25, 0.3) is 61.0 Å². The number of rotatable bonds is 2. The summed E-state index contributed by atoms with van der Waals surface area (Å²) < 4.78 is 9.32. The van der Waals surface area contributed by atoms with Gasteiger partial charge >= 0.3 is 0 Å². The predicted molar refractivity (Wildman–Crippen MR) is 197 cm³/mol. The summed E-state index contributed by atoms with van der Waals surface area (Å²) in [6.45, 7) is 0. The molecule has 228 valence electrons. The largest absolute Gasteiger partial charge is 0.457 e. The van der Waals surface area contributed by atoms with Gasteiger partial charge in [0, 0.05) is 38.4 Å². The van der Waals surface area contributed by atoms with E-state index < -0.39 is 5.41 Å². The molecule has 0 aliphatic carbocycles. The van der Waals surface area contributed by atoms with Crippen molar-refractivity contribution in [2.75, 3.05) is 0 Å². The molecule has 1 unspecified atom stereocenters. The highest BCUT2D eigenvalue weighted by Crippen LogP contribution is 2.60. The molecule has 2 aromatic heterocycles. The van der Waals surface area contributed by atoms with E-state index in [0.717, 1.165) is 50.3 Å². The van der Waals surface area contributed by atoms with E-state index in [1.807, 2.05) is 18.2 Å². The summed E-state index contributed by atoms with van der Waals surface area (Å²) in [5, 5.41) is 3.54. The normalized spacial score (nSPS) is 15.6. The van der Waals surface area contributed by atoms with Gasteiger partial charge in [0.05, 0.1) is 33.3 Å². The smallest absolute Gasteiger partial charge is 0.160 e. The van der Waals surface area contributed by atoms with Crippen LogP contribution in [-0.2, 0) is 5.41 Å². The molecule has 7 aromatic carbocycles. The molecule has 0 N–H and O–H groups in total. The van der Waals surface area contributed by atoms with Gasteiger partial charge in [-0.2, -0.15) is 0 Å². The second kappa shape index (κ2) is 9.75. The van der Waals surface area contributed by atoms with Crippen LogP contribution in [0, 0.1) is 0 Å². The fourth-order valence-electron chi connectivity index (χ4n) is 8.49. The van der Waals surface area contributed by atoms with E-state index in [1.54, 1.807) is 0 Å². The predicted octanol–water partition coefficient (Wildman–Crippen LogP) is 10.9. The van der Waals surface area contributed by atoms with Gasteiger partial charge in [0.15, 0.2) is 5.82 Å². The highest BCUT2D eigenvalue weighted by atomic mass is 16.5. The average Bonchev–Trinajstić information content (AvgIpc) is 3.51. The van der Waals surface area contributed by atoms with E-state index in [9.17, 15) is 0 Å². The van der Waals surface area contributed by atoms with Crippen LogP contribution in [0.1, 0.15) is 22.3 Å². The summed E-state index contributed by atoms with van der Waals surface area (Å²) in [5.74, 6) is 2.33. The summed E-state index contributed by atoms with van der Waals surface area (Å²) in [5.41, 5.74) is 11.6. The summed E-state index contributed by atoms with van der Waals surface area (Å²) in [4.78, 5) is 10.3. The van der Waals surface area contributed by atoms with Crippen molar-refractivity contribution in [2.24, 2.45) is 0 Å². The van der Waals surface area contributed by atoms with Crippen molar-refractivity contribution >= 4 is 32.7 Å². The second-order valence-corrected chi connectivity index (χ2v) is 12.9. The number of aromatic nitrogens is 3. The van der Waals surface area contributed by atoms with Crippen molar-refractivity contribution in [3.8, 4) is 39.8 Å². The topological polar surface area (TPSA) is 39.9 Å². The van der Waals surface area contributed by atoms with Crippen LogP contribution >= 0.6 is 0 Å². The Bertz CT molecular complexity index is 2820. The van der Waals surface area contributed by atoms with E-state index >= 15 is 0 Å². The van der Waals surface area contributed by atoms with Gasteiger partial charge in [0.1, 0.15) is 11.5 Å². The molecule has 1 spiro atoms. The molecule has 0 saturated heterocycles. The molecule has 0 saturated carbocycles. The van der Waals surface area contributed by atoms with Gasteiger partial charge in [-0.3, -0.25) is 0 Å². The van der Waals surface area contributed by atoms with E-state index in [0.29, 0.717) is 5.82 Å². The highest BCUT2D eigenvalue weighted by molar-refractivity contribution is 6.12. The zero-order chi connectivity index (χ0) is 32.1. The quantitative estimate of drug-likeness (QED) is 0.192. The van der Waals surface area contributed by atoms with Crippen LogP contribution in [-0.4, -0.2) is 14.5 Å². The first-order valence-corrected chi connectivity index (χ1v) is 16.7. The molecule has 4 heterocycles. The monoisotopic (exact) mass is 625 g/mol. The van der Waals surface area contributed by atoms with Crippen LogP contribution < -0.4 is 4.74 Å². The first kappa shape index (κ1) is 26.5. The molecule has 11 rings (SSSR count). The summed E-state index contributed by atoms with van der Waals surface area (Å²) in [6, 6.07) is 58.1. The molecule has 0 radical (unpaired) electrons. The number of para-hydroxylation sites is 5. The standard InChI is InChI=1S/C45H27N3O/c1-2-13-28(14-3-1)42-32-16-4-8-21-37(32)46-44(47-42)29-25-26-35-41(27-29)49-40-24-11-7-19-34(40)45(35)33-18-6-10-23-39(33)48-38-22-9-5-15-30(38)31-17-12-20-36(45)43(31)48/h1-27H. The van der Waals surface area contributed by atoms with Crippen LogP contribution in [0.2, 0.25) is 0 Å². The molecule has 0 bridgehead atoms. The zero-order valence-electron chi connectivity index (χ0n) is 26.3. The van der Waals surface area contributed by atoms with Gasteiger partial charge in [0.25, 0.3) is 0 Å². The van der Waals surface area contributed by atoms with Gasteiger partial charge in [-0.25, -0.2) is 9.97 Å². The summed E-state index contributed by atoms with van der Waals surface area (Å²) >= 11 is 0. The number of hydrogen-bond donors (Lipinski definition) is 0. The van der Waals surface area contributed by atoms with E-state index in [-0.39, 0.29) is 0 Å². The van der Waals surface area contributed by atoms with Gasteiger partial charge in [-0.15, -0.1) is 0 Å². The maximum Gasteiger partial charge on any atom is 0.160 e.